The first-order valence-corrected chi connectivity index (χ1v) is 8.70. The summed E-state index contributed by atoms with van der Waals surface area (Å²) in [6, 6.07) is 7.51. The third kappa shape index (κ3) is 3.63. The molecule has 1 N–H and O–H groups in total. The molecule has 0 spiro atoms. The van der Waals surface area contributed by atoms with Crippen molar-refractivity contribution < 1.29 is 19.1 Å². The Kier molecular flexibility index (Phi) is 4.73. The van der Waals surface area contributed by atoms with Crippen molar-refractivity contribution in [1.29, 1.82) is 0 Å². The van der Waals surface area contributed by atoms with E-state index in [1.807, 2.05) is 24.3 Å². The van der Waals surface area contributed by atoms with Gasteiger partial charge in [-0.15, -0.1) is 0 Å². The lowest BCUT2D eigenvalue weighted by atomic mass is 9.69. The fourth-order valence-electron chi connectivity index (χ4n) is 3.45. The summed E-state index contributed by atoms with van der Waals surface area (Å²) >= 11 is 0. The van der Waals surface area contributed by atoms with E-state index in [1.165, 1.54) is 4.90 Å². The van der Waals surface area contributed by atoms with Gasteiger partial charge in [-0.1, -0.05) is 18.6 Å². The number of urea groups is 1. The molecular weight excluding hydrogens is 320 g/mol. The minimum atomic E-state index is -0.822. The molecule has 0 unspecified atom stereocenters. The van der Waals surface area contributed by atoms with Crippen molar-refractivity contribution in [3.8, 4) is 5.75 Å². The van der Waals surface area contributed by atoms with Crippen molar-refractivity contribution in [2.24, 2.45) is 5.41 Å². The van der Waals surface area contributed by atoms with Gasteiger partial charge in [0.1, 0.15) is 11.3 Å². The lowest BCUT2D eigenvalue weighted by Gasteiger charge is -2.43. The lowest BCUT2D eigenvalue weighted by Crippen LogP contribution is -2.49. The van der Waals surface area contributed by atoms with E-state index in [0.717, 1.165) is 30.6 Å². The van der Waals surface area contributed by atoms with Crippen LogP contribution in [0.15, 0.2) is 24.3 Å². The highest BCUT2D eigenvalue weighted by atomic mass is 16.5. The van der Waals surface area contributed by atoms with Crippen LogP contribution in [0.3, 0.4) is 0 Å². The molecule has 1 saturated carbocycles. The molecule has 3 amide bonds. The van der Waals surface area contributed by atoms with E-state index in [-0.39, 0.29) is 17.4 Å². The minimum absolute atomic E-state index is 0.148. The van der Waals surface area contributed by atoms with Crippen molar-refractivity contribution in [3.63, 3.8) is 0 Å². The molecule has 0 atom stereocenters. The van der Waals surface area contributed by atoms with Crippen LogP contribution in [0.2, 0.25) is 0 Å². The molecule has 6 nitrogen and oxygen atoms in total. The number of rotatable bonds is 7. The molecule has 2 fully saturated rings. The van der Waals surface area contributed by atoms with Crippen LogP contribution < -0.4 is 10.1 Å². The predicted octanol–water partition coefficient (Wildman–Crippen LogP) is 2.71. The van der Waals surface area contributed by atoms with Gasteiger partial charge in [-0.05, 0) is 44.4 Å². The average molecular weight is 346 g/mol. The zero-order valence-corrected chi connectivity index (χ0v) is 15.1. The topological polar surface area (TPSA) is 67.9 Å². The second-order valence-electron chi connectivity index (χ2n) is 7.67. The van der Waals surface area contributed by atoms with Crippen LogP contribution in [-0.4, -0.2) is 42.6 Å². The Morgan fingerprint density at radius 3 is 2.56 bits per heavy atom. The number of imide groups is 1. The summed E-state index contributed by atoms with van der Waals surface area (Å²) in [6.45, 7) is 4.93. The van der Waals surface area contributed by atoms with Gasteiger partial charge in [0.15, 0.2) is 0 Å². The predicted molar refractivity (Wildman–Crippen MR) is 93.3 cm³/mol. The van der Waals surface area contributed by atoms with E-state index in [4.69, 9.17) is 9.47 Å². The maximum Gasteiger partial charge on any atom is 0.325 e. The van der Waals surface area contributed by atoms with Gasteiger partial charge in [-0.2, -0.15) is 0 Å². The van der Waals surface area contributed by atoms with E-state index in [0.29, 0.717) is 19.8 Å². The number of hydrogen-bond acceptors (Lipinski definition) is 4. The highest BCUT2D eigenvalue weighted by molar-refractivity contribution is 6.06. The van der Waals surface area contributed by atoms with Gasteiger partial charge < -0.3 is 14.8 Å². The molecule has 0 aromatic heterocycles. The molecule has 0 radical (unpaired) electrons. The van der Waals surface area contributed by atoms with Gasteiger partial charge in [-0.25, -0.2) is 4.79 Å². The molecular formula is C19H26N2O4. The molecule has 1 aromatic rings. The fraction of sp³-hybridized carbons (Fsp3) is 0.579. The lowest BCUT2D eigenvalue weighted by molar-refractivity contribution is -0.132. The fourth-order valence-corrected chi connectivity index (χ4v) is 3.45. The molecule has 6 heteroatoms. The Bertz CT molecular complexity index is 667. The second kappa shape index (κ2) is 6.67. The highest BCUT2D eigenvalue weighted by Gasteiger charge is 2.49. The maximum atomic E-state index is 12.4. The summed E-state index contributed by atoms with van der Waals surface area (Å²) in [7, 11) is 1.66. The van der Waals surface area contributed by atoms with Crippen molar-refractivity contribution in [2.45, 2.75) is 45.3 Å². The molecule has 1 aromatic carbocycles. The van der Waals surface area contributed by atoms with E-state index < -0.39 is 5.54 Å². The Balaban J connectivity index is 1.65. The number of ether oxygens (including phenoxy) is 2. The third-order valence-electron chi connectivity index (χ3n) is 5.11. The molecule has 136 valence electrons. The van der Waals surface area contributed by atoms with Crippen molar-refractivity contribution >= 4 is 11.9 Å². The number of nitrogens with one attached hydrogen (secondary N) is 1. The Labute approximate surface area is 148 Å². The summed E-state index contributed by atoms with van der Waals surface area (Å²) in [5.74, 6) is 0.629. The Hall–Kier alpha value is -2.08. The quantitative estimate of drug-likeness (QED) is 0.771. The van der Waals surface area contributed by atoms with Crippen LogP contribution >= 0.6 is 0 Å². The smallest absolute Gasteiger partial charge is 0.325 e. The van der Waals surface area contributed by atoms with E-state index >= 15 is 0 Å². The van der Waals surface area contributed by atoms with Gasteiger partial charge in [0.25, 0.3) is 5.91 Å². The molecule has 0 bridgehead atoms. The first-order valence-electron chi connectivity index (χ1n) is 8.70. The van der Waals surface area contributed by atoms with E-state index in [2.05, 4.69) is 5.32 Å². The van der Waals surface area contributed by atoms with Crippen molar-refractivity contribution in [2.75, 3.05) is 20.3 Å². The third-order valence-corrected chi connectivity index (χ3v) is 5.11. The van der Waals surface area contributed by atoms with Gasteiger partial charge in [-0.3, -0.25) is 9.69 Å². The Morgan fingerprint density at radius 2 is 2.00 bits per heavy atom. The number of benzene rings is 1. The van der Waals surface area contributed by atoms with Crippen LogP contribution in [-0.2, 0) is 16.1 Å². The van der Waals surface area contributed by atoms with Gasteiger partial charge >= 0.3 is 6.03 Å². The molecule has 1 aliphatic carbocycles. The largest absolute Gasteiger partial charge is 0.493 e. The summed E-state index contributed by atoms with van der Waals surface area (Å²) in [4.78, 5) is 25.9. The first-order chi connectivity index (χ1) is 11.9. The first kappa shape index (κ1) is 17.7. The standard InChI is InChI=1S/C19H26N2O4/c1-18(2)16(22)21(17(23)20-18)12-19(8-5-9-19)13-25-15-7-4-6-14(10-15)11-24-3/h4,6-7,10H,5,8-9,11-13H2,1-3H3,(H,20,23). The number of nitrogens with zero attached hydrogens (tertiary/aromatic N) is 1. The number of carbonyl (C=O) groups excluding carboxylic acids is 2. The summed E-state index contributed by atoms with van der Waals surface area (Å²) in [5.41, 5.74) is 0.0840. The van der Waals surface area contributed by atoms with Gasteiger partial charge in [0.2, 0.25) is 0 Å². The number of methoxy groups -OCH3 is 1. The monoisotopic (exact) mass is 346 g/mol. The highest BCUT2D eigenvalue weighted by Crippen LogP contribution is 2.43. The molecule has 25 heavy (non-hydrogen) atoms. The van der Waals surface area contributed by atoms with E-state index in [1.54, 1.807) is 21.0 Å². The maximum absolute atomic E-state index is 12.4. The zero-order chi connectivity index (χ0) is 18.1. The van der Waals surface area contributed by atoms with Crippen molar-refractivity contribution in [1.82, 2.24) is 10.2 Å². The van der Waals surface area contributed by atoms with Gasteiger partial charge in [0, 0.05) is 19.1 Å². The molecule has 3 rings (SSSR count). The summed E-state index contributed by atoms with van der Waals surface area (Å²) in [6.07, 6.45) is 3.02. The molecule has 2 aliphatic rings. The van der Waals surface area contributed by atoms with Crippen LogP contribution in [0, 0.1) is 5.41 Å². The zero-order valence-electron chi connectivity index (χ0n) is 15.1. The van der Waals surface area contributed by atoms with Crippen LogP contribution in [0.25, 0.3) is 0 Å². The van der Waals surface area contributed by atoms with Gasteiger partial charge in [0.05, 0.1) is 13.2 Å². The Morgan fingerprint density at radius 1 is 1.24 bits per heavy atom. The van der Waals surface area contributed by atoms with Crippen molar-refractivity contribution in [3.05, 3.63) is 29.8 Å². The van der Waals surface area contributed by atoms with E-state index in [9.17, 15) is 9.59 Å². The van der Waals surface area contributed by atoms with Crippen LogP contribution in [0.1, 0.15) is 38.7 Å². The van der Waals surface area contributed by atoms with Crippen LogP contribution in [0.4, 0.5) is 4.79 Å². The summed E-state index contributed by atoms with van der Waals surface area (Å²) < 4.78 is 11.2. The minimum Gasteiger partial charge on any atom is -0.493 e. The SMILES string of the molecule is COCc1cccc(OCC2(CN3C(=O)NC(C)(C)C3=O)CCC2)c1. The number of hydrogen-bond donors (Lipinski definition) is 1. The van der Waals surface area contributed by atoms with Crippen LogP contribution in [0.5, 0.6) is 5.75 Å². The molecule has 1 aliphatic heterocycles. The molecule has 1 heterocycles. The second-order valence-corrected chi connectivity index (χ2v) is 7.67. The average Bonchev–Trinajstić information content (AvgIpc) is 2.71. The number of amides is 3. The number of carbonyl (C=O) groups is 2. The summed E-state index contributed by atoms with van der Waals surface area (Å²) in [5, 5.41) is 2.74. The normalized spacial score (nSPS) is 21.0. The molecule has 1 saturated heterocycles.